The molecule has 1 aliphatic rings. The number of carbonyl (C=O) groups is 1. The molecule has 0 radical (unpaired) electrons. The number of likely N-dealkylation sites (tertiary alicyclic amines) is 1. The molecule has 3 nitrogen and oxygen atoms in total. The van der Waals surface area contributed by atoms with Crippen LogP contribution in [-0.4, -0.2) is 35.8 Å². The van der Waals surface area contributed by atoms with Gasteiger partial charge < -0.3 is 4.90 Å². The normalized spacial score (nSPS) is 16.2. The number of ketones is 1. The van der Waals surface area contributed by atoms with E-state index in [0.717, 1.165) is 37.1 Å². The summed E-state index contributed by atoms with van der Waals surface area (Å²) in [4.78, 5) is 19.5. The summed E-state index contributed by atoms with van der Waals surface area (Å²) in [5, 5.41) is 0. The summed E-state index contributed by atoms with van der Waals surface area (Å²) in [6.07, 6.45) is 4.89. The van der Waals surface area contributed by atoms with E-state index in [1.54, 1.807) is 18.3 Å². The van der Waals surface area contributed by atoms with Crippen LogP contribution in [0.4, 0.5) is 4.39 Å². The van der Waals surface area contributed by atoms with E-state index in [1.165, 1.54) is 6.07 Å². The van der Waals surface area contributed by atoms with Gasteiger partial charge in [-0.3, -0.25) is 9.78 Å². The average Bonchev–Trinajstić information content (AvgIpc) is 2.60. The van der Waals surface area contributed by atoms with E-state index in [1.807, 2.05) is 18.2 Å². The number of hydrogen-bond acceptors (Lipinski definition) is 3. The van der Waals surface area contributed by atoms with Crippen molar-refractivity contribution < 1.29 is 9.18 Å². The first-order chi connectivity index (χ1) is 11.6. The molecule has 0 unspecified atom stereocenters. The number of carbonyl (C=O) groups excluding carboxylic acids is 1. The van der Waals surface area contributed by atoms with E-state index in [2.05, 4.69) is 16.9 Å². The van der Waals surface area contributed by atoms with Crippen LogP contribution in [0.25, 0.3) is 0 Å². The predicted molar refractivity (Wildman–Crippen MR) is 92.6 cm³/mol. The van der Waals surface area contributed by atoms with E-state index < -0.39 is 0 Å². The lowest BCUT2D eigenvalue weighted by molar-refractivity contribution is 0.0850. The lowest BCUT2D eigenvalue weighted by atomic mass is 9.88. The molecule has 3 rings (SSSR count). The molecule has 1 fully saturated rings. The fourth-order valence-corrected chi connectivity index (χ4v) is 3.30. The third-order valence-electron chi connectivity index (χ3n) is 4.79. The average molecular weight is 326 g/mol. The molecule has 4 heteroatoms. The molecule has 1 aromatic heterocycles. The van der Waals surface area contributed by atoms with Crippen molar-refractivity contribution in [1.82, 2.24) is 9.88 Å². The van der Waals surface area contributed by atoms with Gasteiger partial charge in [0.15, 0.2) is 5.78 Å². The first kappa shape index (κ1) is 16.8. The van der Waals surface area contributed by atoms with Gasteiger partial charge in [0.1, 0.15) is 11.5 Å². The maximum absolute atomic E-state index is 13.3. The standard InChI is InChI=1S/C20H23FN2O/c1-23-12-9-17(10-13-23)20(24)19-16(5-3-11-22-19)8-7-15-4-2-6-18(21)14-15/h2-6,11,14,17H,7-10,12-13H2,1H3. The summed E-state index contributed by atoms with van der Waals surface area (Å²) in [6, 6.07) is 10.5. The van der Waals surface area contributed by atoms with Gasteiger partial charge in [-0.25, -0.2) is 4.39 Å². The van der Waals surface area contributed by atoms with Crippen LogP contribution in [0.2, 0.25) is 0 Å². The summed E-state index contributed by atoms with van der Waals surface area (Å²) in [6.45, 7) is 1.92. The van der Waals surface area contributed by atoms with Crippen molar-refractivity contribution in [3.05, 3.63) is 65.2 Å². The molecule has 24 heavy (non-hydrogen) atoms. The summed E-state index contributed by atoms with van der Waals surface area (Å²) in [5.74, 6) is 0.0169. The number of piperidine rings is 1. The number of nitrogens with zero attached hydrogens (tertiary/aromatic N) is 2. The van der Waals surface area contributed by atoms with Gasteiger partial charge >= 0.3 is 0 Å². The SMILES string of the molecule is CN1CCC(C(=O)c2ncccc2CCc2cccc(F)c2)CC1. The number of aryl methyl sites for hydroxylation is 2. The second-order valence-electron chi connectivity index (χ2n) is 6.58. The van der Waals surface area contributed by atoms with E-state index in [-0.39, 0.29) is 17.5 Å². The predicted octanol–water partition coefficient (Wildman–Crippen LogP) is 3.53. The maximum Gasteiger partial charge on any atom is 0.184 e. The summed E-state index contributed by atoms with van der Waals surface area (Å²) < 4.78 is 13.3. The zero-order valence-corrected chi connectivity index (χ0v) is 14.0. The Balaban J connectivity index is 1.71. The van der Waals surface area contributed by atoms with E-state index in [9.17, 15) is 9.18 Å². The number of benzene rings is 1. The largest absolute Gasteiger partial charge is 0.306 e. The van der Waals surface area contributed by atoms with Gasteiger partial charge in [-0.2, -0.15) is 0 Å². The molecule has 0 N–H and O–H groups in total. The zero-order valence-electron chi connectivity index (χ0n) is 14.0. The van der Waals surface area contributed by atoms with Crippen LogP contribution >= 0.6 is 0 Å². The van der Waals surface area contributed by atoms with Crippen LogP contribution in [0.3, 0.4) is 0 Å². The van der Waals surface area contributed by atoms with Crippen molar-refractivity contribution >= 4 is 5.78 Å². The number of Topliss-reactive ketones (excluding diaryl/α,β-unsaturated/α-hetero) is 1. The van der Waals surface area contributed by atoms with Crippen molar-refractivity contribution in [2.75, 3.05) is 20.1 Å². The molecule has 2 heterocycles. The second kappa shape index (κ2) is 7.67. The number of aromatic nitrogens is 1. The molecule has 1 aromatic carbocycles. The van der Waals surface area contributed by atoms with Crippen LogP contribution in [0.5, 0.6) is 0 Å². The summed E-state index contributed by atoms with van der Waals surface area (Å²) in [5.41, 5.74) is 2.51. The first-order valence-electron chi connectivity index (χ1n) is 8.54. The minimum atomic E-state index is -0.221. The number of hydrogen-bond donors (Lipinski definition) is 0. The minimum Gasteiger partial charge on any atom is -0.306 e. The number of rotatable bonds is 5. The monoisotopic (exact) mass is 326 g/mol. The zero-order chi connectivity index (χ0) is 16.9. The Morgan fingerprint density at radius 3 is 2.75 bits per heavy atom. The Hall–Kier alpha value is -2.07. The molecular formula is C20H23FN2O. The van der Waals surface area contributed by atoms with Gasteiger partial charge in [-0.1, -0.05) is 18.2 Å². The van der Waals surface area contributed by atoms with Crippen molar-refractivity contribution in [3.63, 3.8) is 0 Å². The lowest BCUT2D eigenvalue weighted by Gasteiger charge is -2.28. The number of halogens is 1. The van der Waals surface area contributed by atoms with Crippen LogP contribution in [0.1, 0.15) is 34.5 Å². The minimum absolute atomic E-state index is 0.0732. The highest BCUT2D eigenvalue weighted by Gasteiger charge is 2.26. The Bertz CT molecular complexity index is 708. The molecule has 0 aliphatic carbocycles. The van der Waals surface area contributed by atoms with Gasteiger partial charge in [-0.05, 0) is 75.1 Å². The molecule has 2 aromatic rings. The summed E-state index contributed by atoms with van der Waals surface area (Å²) >= 11 is 0. The highest BCUT2D eigenvalue weighted by atomic mass is 19.1. The van der Waals surface area contributed by atoms with Crippen molar-refractivity contribution in [2.24, 2.45) is 5.92 Å². The van der Waals surface area contributed by atoms with Crippen molar-refractivity contribution in [3.8, 4) is 0 Å². The lowest BCUT2D eigenvalue weighted by Crippen LogP contribution is -2.34. The molecule has 1 saturated heterocycles. The Labute approximate surface area is 142 Å². The van der Waals surface area contributed by atoms with Crippen molar-refractivity contribution in [1.29, 1.82) is 0 Å². The van der Waals surface area contributed by atoms with Gasteiger partial charge in [0.2, 0.25) is 0 Å². The number of pyridine rings is 1. The van der Waals surface area contributed by atoms with Gasteiger partial charge in [0.25, 0.3) is 0 Å². The molecular weight excluding hydrogens is 303 g/mol. The first-order valence-corrected chi connectivity index (χ1v) is 8.54. The van der Waals surface area contributed by atoms with Gasteiger partial charge in [0, 0.05) is 12.1 Å². The van der Waals surface area contributed by atoms with Crippen LogP contribution in [0, 0.1) is 11.7 Å². The highest BCUT2D eigenvalue weighted by molar-refractivity contribution is 5.97. The molecule has 0 spiro atoms. The van der Waals surface area contributed by atoms with Crippen LogP contribution in [-0.2, 0) is 12.8 Å². The smallest absolute Gasteiger partial charge is 0.184 e. The van der Waals surface area contributed by atoms with Gasteiger partial charge in [0.05, 0.1) is 0 Å². The van der Waals surface area contributed by atoms with E-state index in [4.69, 9.17) is 0 Å². The Kier molecular flexibility index (Phi) is 5.36. The Morgan fingerprint density at radius 2 is 2.00 bits per heavy atom. The quantitative estimate of drug-likeness (QED) is 0.788. The molecule has 0 saturated carbocycles. The maximum atomic E-state index is 13.3. The fraction of sp³-hybridized carbons (Fsp3) is 0.400. The molecule has 0 amide bonds. The topological polar surface area (TPSA) is 33.2 Å². The molecule has 126 valence electrons. The molecule has 0 atom stereocenters. The van der Waals surface area contributed by atoms with E-state index >= 15 is 0 Å². The highest BCUT2D eigenvalue weighted by Crippen LogP contribution is 2.22. The van der Waals surface area contributed by atoms with Crippen molar-refractivity contribution in [2.45, 2.75) is 25.7 Å². The Morgan fingerprint density at radius 1 is 1.21 bits per heavy atom. The summed E-state index contributed by atoms with van der Waals surface area (Å²) in [7, 11) is 2.09. The third-order valence-corrected chi connectivity index (χ3v) is 4.79. The van der Waals surface area contributed by atoms with Crippen LogP contribution in [0.15, 0.2) is 42.6 Å². The molecule has 0 bridgehead atoms. The fourth-order valence-electron chi connectivity index (χ4n) is 3.30. The van der Waals surface area contributed by atoms with Crippen LogP contribution < -0.4 is 0 Å². The third kappa shape index (κ3) is 4.06. The van der Waals surface area contributed by atoms with E-state index in [0.29, 0.717) is 18.5 Å². The molecule has 1 aliphatic heterocycles. The second-order valence-corrected chi connectivity index (χ2v) is 6.58. The van der Waals surface area contributed by atoms with Gasteiger partial charge in [-0.15, -0.1) is 0 Å².